The van der Waals surface area contributed by atoms with Crippen molar-refractivity contribution in [1.82, 2.24) is 16.0 Å². The number of nitrogens with one attached hydrogen (secondary N) is 3. The molecule has 0 bridgehead atoms. The number of carbonyl (C=O) groups is 3. The van der Waals surface area contributed by atoms with Gasteiger partial charge in [0.2, 0.25) is 11.8 Å². The van der Waals surface area contributed by atoms with Crippen molar-refractivity contribution in [2.24, 2.45) is 0 Å². The largest absolute Gasteiger partial charge is 0.354 e. The van der Waals surface area contributed by atoms with Gasteiger partial charge in [-0.25, -0.2) is 0 Å². The highest BCUT2D eigenvalue weighted by molar-refractivity contribution is 6.36. The zero-order valence-electron chi connectivity index (χ0n) is 17.7. The zero-order chi connectivity index (χ0) is 23.6. The second-order valence-electron chi connectivity index (χ2n) is 7.26. The van der Waals surface area contributed by atoms with Gasteiger partial charge < -0.3 is 16.0 Å². The second-order valence-corrected chi connectivity index (χ2v) is 8.11. The predicted molar refractivity (Wildman–Crippen MR) is 130 cm³/mol. The summed E-state index contributed by atoms with van der Waals surface area (Å²) >= 11 is 11.8. The average molecular weight is 484 g/mol. The lowest BCUT2D eigenvalue weighted by atomic mass is 9.91. The molecular formula is C25H23Cl2N3O3. The van der Waals surface area contributed by atoms with Crippen LogP contribution in [0.25, 0.3) is 0 Å². The zero-order valence-corrected chi connectivity index (χ0v) is 19.2. The minimum absolute atomic E-state index is 0.0181. The molecule has 0 saturated carbocycles. The lowest BCUT2D eigenvalue weighted by Crippen LogP contribution is -2.42. The molecule has 0 radical (unpaired) electrons. The van der Waals surface area contributed by atoms with E-state index in [1.165, 1.54) is 18.2 Å². The molecule has 0 aliphatic carbocycles. The fourth-order valence-corrected chi connectivity index (χ4v) is 3.74. The van der Waals surface area contributed by atoms with Gasteiger partial charge in [-0.2, -0.15) is 0 Å². The number of halogens is 2. The third kappa shape index (κ3) is 7.34. The molecule has 0 atom stereocenters. The maximum atomic E-state index is 12.3. The third-order valence-electron chi connectivity index (χ3n) is 4.94. The average Bonchev–Trinajstić information content (AvgIpc) is 2.82. The molecule has 3 rings (SSSR count). The molecule has 0 fully saturated rings. The SMILES string of the molecule is O=C(CNC(=O)CNC(=O)c1ccc(Cl)cc1Cl)NCC(c1ccccc1)c1ccccc1. The molecule has 0 aliphatic heterocycles. The van der Waals surface area contributed by atoms with E-state index in [2.05, 4.69) is 16.0 Å². The van der Waals surface area contributed by atoms with E-state index in [0.717, 1.165) is 11.1 Å². The van der Waals surface area contributed by atoms with E-state index in [1.54, 1.807) is 0 Å². The van der Waals surface area contributed by atoms with E-state index in [4.69, 9.17) is 23.2 Å². The normalized spacial score (nSPS) is 10.5. The van der Waals surface area contributed by atoms with E-state index in [1.807, 2.05) is 60.7 Å². The number of hydrogen-bond acceptors (Lipinski definition) is 3. The van der Waals surface area contributed by atoms with Gasteiger partial charge in [0.05, 0.1) is 23.7 Å². The van der Waals surface area contributed by atoms with Crippen molar-refractivity contribution < 1.29 is 14.4 Å². The summed E-state index contributed by atoms with van der Waals surface area (Å²) in [6.07, 6.45) is 0. The van der Waals surface area contributed by atoms with Gasteiger partial charge in [0.15, 0.2) is 0 Å². The third-order valence-corrected chi connectivity index (χ3v) is 5.49. The Bertz CT molecular complexity index is 1070. The van der Waals surface area contributed by atoms with Gasteiger partial charge >= 0.3 is 0 Å². The van der Waals surface area contributed by atoms with Gasteiger partial charge in [0.1, 0.15) is 0 Å². The Labute approximate surface area is 202 Å². The van der Waals surface area contributed by atoms with E-state index >= 15 is 0 Å². The molecule has 3 aromatic carbocycles. The van der Waals surface area contributed by atoms with Crippen LogP contribution in [0.15, 0.2) is 78.9 Å². The fraction of sp³-hybridized carbons (Fsp3) is 0.160. The first-order valence-electron chi connectivity index (χ1n) is 10.3. The summed E-state index contributed by atoms with van der Waals surface area (Å²) in [7, 11) is 0. The maximum absolute atomic E-state index is 12.3. The number of carbonyl (C=O) groups excluding carboxylic acids is 3. The maximum Gasteiger partial charge on any atom is 0.253 e. The Hall–Kier alpha value is -3.35. The fourth-order valence-electron chi connectivity index (χ4n) is 3.25. The molecule has 33 heavy (non-hydrogen) atoms. The molecule has 8 heteroatoms. The first-order chi connectivity index (χ1) is 15.9. The Morgan fingerprint density at radius 2 is 1.24 bits per heavy atom. The van der Waals surface area contributed by atoms with Crippen molar-refractivity contribution in [2.45, 2.75) is 5.92 Å². The first kappa shape index (κ1) is 24.3. The molecule has 3 N–H and O–H groups in total. The summed E-state index contributed by atoms with van der Waals surface area (Å²) in [6, 6.07) is 24.2. The summed E-state index contributed by atoms with van der Waals surface area (Å²) in [6.45, 7) is -0.108. The van der Waals surface area contributed by atoms with E-state index in [-0.39, 0.29) is 35.5 Å². The molecule has 6 nitrogen and oxygen atoms in total. The second kappa shape index (κ2) is 12.0. The minimum Gasteiger partial charge on any atom is -0.354 e. The summed E-state index contributed by atoms with van der Waals surface area (Å²) in [5, 5.41) is 8.42. The van der Waals surface area contributed by atoms with E-state index in [9.17, 15) is 14.4 Å². The van der Waals surface area contributed by atoms with Crippen LogP contribution in [-0.2, 0) is 9.59 Å². The van der Waals surface area contributed by atoms with Gasteiger partial charge in [-0.15, -0.1) is 0 Å². The van der Waals surface area contributed by atoms with Crippen LogP contribution in [-0.4, -0.2) is 37.4 Å². The Kier molecular flexibility index (Phi) is 8.87. The highest BCUT2D eigenvalue weighted by Gasteiger charge is 2.16. The van der Waals surface area contributed by atoms with Crippen LogP contribution in [0.5, 0.6) is 0 Å². The van der Waals surface area contributed by atoms with Crippen LogP contribution >= 0.6 is 23.2 Å². The lowest BCUT2D eigenvalue weighted by Gasteiger charge is -2.19. The predicted octanol–water partition coefficient (Wildman–Crippen LogP) is 3.79. The highest BCUT2D eigenvalue weighted by atomic mass is 35.5. The minimum atomic E-state index is -0.509. The number of amides is 3. The standard InChI is InChI=1S/C25H23Cl2N3O3/c26-19-11-12-20(22(27)13-19)25(33)30-16-24(32)29-15-23(31)28-14-21(17-7-3-1-4-8-17)18-9-5-2-6-10-18/h1-13,21H,14-16H2,(H,28,31)(H,29,32)(H,30,33). The first-order valence-corrected chi connectivity index (χ1v) is 11.1. The molecule has 3 aromatic rings. The van der Waals surface area contributed by atoms with Crippen LogP contribution in [0.1, 0.15) is 27.4 Å². The van der Waals surface area contributed by atoms with E-state index < -0.39 is 11.8 Å². The summed E-state index contributed by atoms with van der Waals surface area (Å²) in [5.41, 5.74) is 2.37. The van der Waals surface area contributed by atoms with Crippen LogP contribution in [0.4, 0.5) is 0 Å². The molecule has 0 aliphatic rings. The Morgan fingerprint density at radius 1 is 0.697 bits per heavy atom. The van der Waals surface area contributed by atoms with Gasteiger partial charge in [0, 0.05) is 17.5 Å². The lowest BCUT2D eigenvalue weighted by molar-refractivity contribution is -0.125. The van der Waals surface area contributed by atoms with Gasteiger partial charge in [-0.3, -0.25) is 14.4 Å². The monoisotopic (exact) mass is 483 g/mol. The summed E-state index contributed by atoms with van der Waals surface area (Å²) in [5.74, 6) is -1.35. The molecule has 170 valence electrons. The molecular weight excluding hydrogens is 461 g/mol. The van der Waals surface area contributed by atoms with Crippen LogP contribution in [0, 0.1) is 0 Å². The molecule has 0 aromatic heterocycles. The molecule has 0 spiro atoms. The topological polar surface area (TPSA) is 87.3 Å². The van der Waals surface area contributed by atoms with E-state index in [0.29, 0.717) is 11.6 Å². The quantitative estimate of drug-likeness (QED) is 0.432. The van der Waals surface area contributed by atoms with Crippen LogP contribution < -0.4 is 16.0 Å². The Morgan fingerprint density at radius 3 is 1.82 bits per heavy atom. The van der Waals surface area contributed by atoms with Crippen molar-refractivity contribution in [3.63, 3.8) is 0 Å². The number of rotatable bonds is 9. The Balaban J connectivity index is 1.47. The molecule has 0 unspecified atom stereocenters. The highest BCUT2D eigenvalue weighted by Crippen LogP contribution is 2.23. The smallest absolute Gasteiger partial charge is 0.253 e. The summed E-state index contributed by atoms with van der Waals surface area (Å²) in [4.78, 5) is 36.5. The van der Waals surface area contributed by atoms with Crippen molar-refractivity contribution in [3.05, 3.63) is 106 Å². The molecule has 0 heterocycles. The molecule has 0 saturated heterocycles. The van der Waals surface area contributed by atoms with Gasteiger partial charge in [0.25, 0.3) is 5.91 Å². The van der Waals surface area contributed by atoms with Crippen molar-refractivity contribution >= 4 is 40.9 Å². The van der Waals surface area contributed by atoms with Crippen LogP contribution in [0.2, 0.25) is 10.0 Å². The molecule has 3 amide bonds. The van der Waals surface area contributed by atoms with Crippen molar-refractivity contribution in [2.75, 3.05) is 19.6 Å². The van der Waals surface area contributed by atoms with Gasteiger partial charge in [-0.1, -0.05) is 83.9 Å². The number of benzene rings is 3. The van der Waals surface area contributed by atoms with Crippen LogP contribution in [0.3, 0.4) is 0 Å². The van der Waals surface area contributed by atoms with Crippen molar-refractivity contribution in [1.29, 1.82) is 0 Å². The summed E-state index contributed by atoms with van der Waals surface area (Å²) < 4.78 is 0. The van der Waals surface area contributed by atoms with Crippen molar-refractivity contribution in [3.8, 4) is 0 Å². The number of hydrogen-bond donors (Lipinski definition) is 3. The van der Waals surface area contributed by atoms with Gasteiger partial charge in [-0.05, 0) is 29.3 Å².